The molecule has 0 fully saturated rings. The van der Waals surface area contributed by atoms with Crippen LogP contribution >= 0.6 is 11.6 Å². The molecule has 2 nitrogen and oxygen atoms in total. The van der Waals surface area contributed by atoms with E-state index in [2.05, 4.69) is 30.8 Å². The van der Waals surface area contributed by atoms with Crippen molar-refractivity contribution in [2.24, 2.45) is 15.9 Å². The summed E-state index contributed by atoms with van der Waals surface area (Å²) in [5.74, 6) is 0.403. The van der Waals surface area contributed by atoms with Gasteiger partial charge in [0.05, 0.1) is 0 Å². The second-order valence-electron chi connectivity index (χ2n) is 3.46. The van der Waals surface area contributed by atoms with Gasteiger partial charge in [-0.15, -0.1) is 11.6 Å². The summed E-state index contributed by atoms with van der Waals surface area (Å²) in [6.45, 7) is 7.08. The van der Waals surface area contributed by atoms with Gasteiger partial charge in [0, 0.05) is 30.4 Å². The summed E-state index contributed by atoms with van der Waals surface area (Å²) in [4.78, 5) is 8.65. The van der Waals surface area contributed by atoms with Crippen LogP contribution in [-0.4, -0.2) is 29.9 Å². The molecule has 0 spiro atoms. The minimum Gasteiger partial charge on any atom is -0.295 e. The van der Waals surface area contributed by atoms with Crippen molar-refractivity contribution in [1.29, 1.82) is 0 Å². The van der Waals surface area contributed by atoms with Gasteiger partial charge in [0.2, 0.25) is 0 Å². The van der Waals surface area contributed by atoms with E-state index in [0.717, 1.165) is 12.3 Å². The second kappa shape index (κ2) is 4.04. The highest BCUT2D eigenvalue weighted by atomic mass is 35.5. The van der Waals surface area contributed by atoms with Crippen LogP contribution in [-0.2, 0) is 0 Å². The molecule has 0 aliphatic carbocycles. The van der Waals surface area contributed by atoms with E-state index >= 15 is 0 Å². The minimum atomic E-state index is -0.0869. The van der Waals surface area contributed by atoms with Gasteiger partial charge < -0.3 is 0 Å². The van der Waals surface area contributed by atoms with Crippen LogP contribution in [0.4, 0.5) is 0 Å². The first-order chi connectivity index (χ1) is 5.61. The summed E-state index contributed by atoms with van der Waals surface area (Å²) < 4.78 is 0. The van der Waals surface area contributed by atoms with E-state index in [9.17, 15) is 0 Å². The van der Waals surface area contributed by atoms with Crippen molar-refractivity contribution in [1.82, 2.24) is 0 Å². The van der Waals surface area contributed by atoms with Gasteiger partial charge in [-0.1, -0.05) is 6.92 Å². The first-order valence-electron chi connectivity index (χ1n) is 4.33. The predicted octanol–water partition coefficient (Wildman–Crippen LogP) is 2.16. The van der Waals surface area contributed by atoms with Gasteiger partial charge >= 0.3 is 0 Å². The molecule has 1 heterocycles. The molecule has 0 N–H and O–H groups in total. The van der Waals surface area contributed by atoms with Crippen LogP contribution in [0.5, 0.6) is 0 Å². The van der Waals surface area contributed by atoms with E-state index in [4.69, 9.17) is 11.6 Å². The van der Waals surface area contributed by atoms with E-state index in [1.807, 2.05) is 0 Å². The van der Waals surface area contributed by atoms with Crippen LogP contribution in [0.25, 0.3) is 0 Å². The number of nitrogens with zero attached hydrogens (tertiary/aromatic N) is 2. The van der Waals surface area contributed by atoms with E-state index in [1.165, 1.54) is 0 Å². The van der Waals surface area contributed by atoms with E-state index in [0.29, 0.717) is 12.0 Å². The number of aliphatic imine (C=N–C) groups is 2. The molecule has 0 saturated heterocycles. The number of hydrogen-bond donors (Lipinski definition) is 0. The molecule has 0 aromatic carbocycles. The first-order valence-corrected chi connectivity index (χ1v) is 4.76. The lowest BCUT2D eigenvalue weighted by Gasteiger charge is -2.20. The fourth-order valence-corrected chi connectivity index (χ4v) is 1.60. The third kappa shape index (κ3) is 2.31. The summed E-state index contributed by atoms with van der Waals surface area (Å²) in [6, 6.07) is 0.329. The number of hydrogen-bond acceptors (Lipinski definition) is 2. The van der Waals surface area contributed by atoms with Crippen LogP contribution in [0.1, 0.15) is 20.8 Å². The maximum Gasteiger partial charge on any atom is 0.106 e. The second-order valence-corrected chi connectivity index (χ2v) is 3.93. The quantitative estimate of drug-likeness (QED) is 0.561. The molecule has 2 unspecified atom stereocenters. The lowest BCUT2D eigenvalue weighted by atomic mass is 10.0. The maximum atomic E-state index is 6.04. The molecular weight excluding hydrogens is 172 g/mol. The summed E-state index contributed by atoms with van der Waals surface area (Å²) in [5.41, 5.74) is 1.08. The van der Waals surface area contributed by atoms with Gasteiger partial charge in [-0.05, 0) is 13.8 Å². The lowest BCUT2D eigenvalue weighted by Crippen LogP contribution is -2.30. The minimum absolute atomic E-state index is 0.0869. The van der Waals surface area contributed by atoms with Crippen LogP contribution in [0, 0.1) is 5.92 Å². The Hall–Kier alpha value is -0.370. The Morgan fingerprint density at radius 3 is 2.83 bits per heavy atom. The molecule has 1 aliphatic heterocycles. The Bertz CT molecular complexity index is 209. The molecular formula is C9H15ClN2. The molecule has 2 atom stereocenters. The molecule has 0 saturated carbocycles. The molecule has 12 heavy (non-hydrogen) atoms. The molecule has 3 heteroatoms. The van der Waals surface area contributed by atoms with Crippen molar-refractivity contribution in [2.45, 2.75) is 32.2 Å². The average molecular weight is 187 g/mol. The van der Waals surface area contributed by atoms with Crippen LogP contribution in [0.2, 0.25) is 0 Å². The number of halogens is 1. The zero-order chi connectivity index (χ0) is 9.14. The van der Waals surface area contributed by atoms with Crippen molar-refractivity contribution >= 4 is 23.5 Å². The van der Waals surface area contributed by atoms with Crippen LogP contribution < -0.4 is 0 Å². The fraction of sp³-hybridized carbons (Fsp3) is 0.778. The van der Waals surface area contributed by atoms with E-state index in [1.54, 1.807) is 6.21 Å². The van der Waals surface area contributed by atoms with Crippen molar-refractivity contribution in [3.63, 3.8) is 0 Å². The zero-order valence-corrected chi connectivity index (χ0v) is 8.54. The van der Waals surface area contributed by atoms with E-state index < -0.39 is 0 Å². The van der Waals surface area contributed by atoms with Gasteiger partial charge in [-0.25, -0.2) is 0 Å². The highest BCUT2D eigenvalue weighted by Gasteiger charge is 2.21. The summed E-state index contributed by atoms with van der Waals surface area (Å²) in [6.07, 6.45) is 1.78. The molecule has 1 aliphatic rings. The van der Waals surface area contributed by atoms with Crippen LogP contribution in [0.3, 0.4) is 0 Å². The largest absolute Gasteiger partial charge is 0.295 e. The SMILES string of the molecule is CC(C)N=C1C(Cl)C=NCC1C. The monoisotopic (exact) mass is 186 g/mol. The van der Waals surface area contributed by atoms with E-state index in [-0.39, 0.29) is 5.38 Å². The smallest absolute Gasteiger partial charge is 0.106 e. The highest BCUT2D eigenvalue weighted by Crippen LogP contribution is 2.14. The van der Waals surface area contributed by atoms with Gasteiger partial charge in [0.1, 0.15) is 5.38 Å². The Labute approximate surface area is 78.7 Å². The Balaban J connectivity index is 2.79. The van der Waals surface area contributed by atoms with Gasteiger partial charge in [-0.3, -0.25) is 9.98 Å². The topological polar surface area (TPSA) is 24.7 Å². The van der Waals surface area contributed by atoms with Crippen molar-refractivity contribution in [3.8, 4) is 0 Å². The normalized spacial score (nSPS) is 33.2. The Morgan fingerprint density at radius 2 is 2.33 bits per heavy atom. The average Bonchev–Trinajstić information content (AvgIpc) is 1.97. The molecule has 0 radical (unpaired) electrons. The highest BCUT2D eigenvalue weighted by molar-refractivity contribution is 6.41. The van der Waals surface area contributed by atoms with Gasteiger partial charge in [-0.2, -0.15) is 0 Å². The number of alkyl halides is 1. The fourth-order valence-electron chi connectivity index (χ4n) is 1.25. The maximum absolute atomic E-state index is 6.04. The predicted molar refractivity (Wildman–Crippen MR) is 54.7 cm³/mol. The summed E-state index contributed by atoms with van der Waals surface area (Å²) in [5, 5.41) is -0.0869. The lowest BCUT2D eigenvalue weighted by molar-refractivity contribution is 0.735. The van der Waals surface area contributed by atoms with Crippen molar-refractivity contribution in [2.75, 3.05) is 6.54 Å². The van der Waals surface area contributed by atoms with Gasteiger partial charge in [0.25, 0.3) is 0 Å². The van der Waals surface area contributed by atoms with Crippen molar-refractivity contribution < 1.29 is 0 Å². The number of rotatable bonds is 1. The third-order valence-corrected chi connectivity index (χ3v) is 2.15. The molecule has 0 aromatic rings. The first kappa shape index (κ1) is 9.72. The molecule has 0 aromatic heterocycles. The zero-order valence-electron chi connectivity index (χ0n) is 7.79. The summed E-state index contributed by atoms with van der Waals surface area (Å²) in [7, 11) is 0. The summed E-state index contributed by atoms with van der Waals surface area (Å²) >= 11 is 6.04. The molecule has 1 rings (SSSR count). The third-order valence-electron chi connectivity index (χ3n) is 1.81. The molecule has 68 valence electrons. The Kier molecular flexibility index (Phi) is 3.27. The molecule has 0 bridgehead atoms. The Morgan fingerprint density at radius 1 is 1.67 bits per heavy atom. The molecule has 0 amide bonds. The van der Waals surface area contributed by atoms with Gasteiger partial charge in [0.15, 0.2) is 0 Å². The van der Waals surface area contributed by atoms with Crippen LogP contribution in [0.15, 0.2) is 9.98 Å². The standard InChI is InChI=1S/C9H15ClN2/c1-6(2)12-9-7(3)4-11-5-8(9)10/h5-8H,4H2,1-3H3. The van der Waals surface area contributed by atoms with Crippen molar-refractivity contribution in [3.05, 3.63) is 0 Å².